The fourth-order valence-corrected chi connectivity index (χ4v) is 4.93. The van der Waals surface area contributed by atoms with Crippen LogP contribution in [0.4, 0.5) is 0 Å². The molecule has 21 heavy (non-hydrogen) atoms. The highest BCUT2D eigenvalue weighted by molar-refractivity contribution is 7.26. The maximum atomic E-state index is 11.2. The Labute approximate surface area is 135 Å². The van der Waals surface area contributed by atoms with Crippen LogP contribution in [-0.2, 0) is 16.0 Å². The van der Waals surface area contributed by atoms with Gasteiger partial charge in [-0.25, -0.2) is 0 Å². The molecule has 0 aromatic carbocycles. The van der Waals surface area contributed by atoms with Crippen molar-refractivity contribution in [3.05, 3.63) is 46.7 Å². The highest BCUT2D eigenvalue weighted by Crippen LogP contribution is 2.39. The first-order valence-corrected chi connectivity index (χ1v) is 9.07. The Morgan fingerprint density at radius 2 is 1.71 bits per heavy atom. The first-order chi connectivity index (χ1) is 10.3. The lowest BCUT2D eigenvalue weighted by Gasteiger charge is -1.96. The van der Waals surface area contributed by atoms with Crippen LogP contribution in [0.15, 0.2) is 41.8 Å². The molecule has 3 heterocycles. The number of carbonyl (C=O) groups excluding carboxylic acids is 1. The number of aryl methyl sites for hydroxylation is 1. The summed E-state index contributed by atoms with van der Waals surface area (Å²) in [6.45, 7) is 0. The molecule has 3 aromatic rings. The molecule has 0 saturated carbocycles. The summed E-state index contributed by atoms with van der Waals surface area (Å²) in [4.78, 5) is 17.6. The molecule has 0 fully saturated rings. The first-order valence-electron chi connectivity index (χ1n) is 6.56. The zero-order valence-corrected chi connectivity index (χ0v) is 13.9. The van der Waals surface area contributed by atoms with Gasteiger partial charge in [-0.05, 0) is 42.1 Å². The molecule has 108 valence electrons. The van der Waals surface area contributed by atoms with E-state index in [1.54, 1.807) is 22.7 Å². The second-order valence-corrected chi connectivity index (χ2v) is 7.68. The normalized spacial score (nSPS) is 10.7. The zero-order chi connectivity index (χ0) is 14.7. The molecule has 2 nitrogen and oxygen atoms in total. The minimum absolute atomic E-state index is 0.152. The van der Waals surface area contributed by atoms with Crippen molar-refractivity contribution >= 4 is 40.0 Å². The Kier molecular flexibility index (Phi) is 4.53. The molecule has 0 unspecified atom stereocenters. The molecule has 0 bridgehead atoms. The molecule has 0 radical (unpaired) electrons. The molecule has 3 aromatic heterocycles. The van der Waals surface area contributed by atoms with E-state index in [9.17, 15) is 4.79 Å². The van der Waals surface area contributed by atoms with E-state index in [2.05, 4.69) is 46.5 Å². The minimum atomic E-state index is -0.152. The predicted molar refractivity (Wildman–Crippen MR) is 91.3 cm³/mol. The van der Waals surface area contributed by atoms with Crippen LogP contribution in [0.2, 0.25) is 0 Å². The number of hydrogen-bond donors (Lipinski definition) is 0. The van der Waals surface area contributed by atoms with Crippen molar-refractivity contribution in [3.63, 3.8) is 0 Å². The van der Waals surface area contributed by atoms with E-state index in [4.69, 9.17) is 0 Å². The third-order valence-corrected chi connectivity index (χ3v) is 6.57. The van der Waals surface area contributed by atoms with Crippen molar-refractivity contribution in [1.29, 1.82) is 0 Å². The molecule has 0 N–H and O–H groups in total. The molecule has 0 aliphatic rings. The molecular formula is C16H14O2S3. The summed E-state index contributed by atoms with van der Waals surface area (Å²) in [5.74, 6) is -0.152. The number of rotatable bonds is 5. The van der Waals surface area contributed by atoms with Crippen LogP contribution >= 0.6 is 34.0 Å². The largest absolute Gasteiger partial charge is 0.469 e. The summed E-state index contributed by atoms with van der Waals surface area (Å²) in [6, 6.07) is 12.8. The van der Waals surface area contributed by atoms with Crippen molar-refractivity contribution < 1.29 is 9.53 Å². The maximum Gasteiger partial charge on any atom is 0.305 e. The molecule has 0 saturated heterocycles. The lowest BCUT2D eigenvalue weighted by Crippen LogP contribution is -2.00. The van der Waals surface area contributed by atoms with Crippen LogP contribution in [0.25, 0.3) is 19.5 Å². The average molecular weight is 334 g/mol. The molecular weight excluding hydrogens is 320 g/mol. The summed E-state index contributed by atoms with van der Waals surface area (Å²) in [5.41, 5.74) is 0. The summed E-state index contributed by atoms with van der Waals surface area (Å²) in [6.07, 6.45) is 1.20. The monoisotopic (exact) mass is 334 g/mol. The molecule has 0 atom stereocenters. The fourth-order valence-electron chi connectivity index (χ4n) is 1.99. The number of ether oxygens (including phenoxy) is 1. The van der Waals surface area contributed by atoms with Crippen molar-refractivity contribution in [2.45, 2.75) is 12.8 Å². The average Bonchev–Trinajstić information content (AvgIpc) is 3.23. The summed E-state index contributed by atoms with van der Waals surface area (Å²) in [7, 11) is 1.43. The van der Waals surface area contributed by atoms with Crippen LogP contribution in [0.3, 0.4) is 0 Å². The van der Waals surface area contributed by atoms with Gasteiger partial charge >= 0.3 is 5.97 Å². The van der Waals surface area contributed by atoms with E-state index in [0.717, 1.165) is 6.42 Å². The Hall–Kier alpha value is -1.43. The van der Waals surface area contributed by atoms with Gasteiger partial charge in [0.25, 0.3) is 0 Å². The lowest BCUT2D eigenvalue weighted by molar-refractivity contribution is -0.140. The standard InChI is InChI=1S/C16H14O2S3/c1-18-16(17)9-5-11-4-6-14(20-11)15-8-7-13(21-15)12-3-2-10-19-12/h2-4,6-8,10H,5,9H2,1H3. The Morgan fingerprint density at radius 3 is 2.43 bits per heavy atom. The predicted octanol–water partition coefficient (Wildman–Crippen LogP) is 5.31. The van der Waals surface area contributed by atoms with Gasteiger partial charge in [-0.2, -0.15) is 0 Å². The van der Waals surface area contributed by atoms with Gasteiger partial charge < -0.3 is 4.74 Å². The maximum absolute atomic E-state index is 11.2. The third-order valence-electron chi connectivity index (χ3n) is 3.08. The second-order valence-electron chi connectivity index (χ2n) is 4.48. The highest BCUT2D eigenvalue weighted by Gasteiger charge is 2.09. The van der Waals surface area contributed by atoms with E-state index in [1.165, 1.54) is 31.5 Å². The van der Waals surface area contributed by atoms with Crippen molar-refractivity contribution in [2.24, 2.45) is 0 Å². The van der Waals surface area contributed by atoms with Gasteiger partial charge in [0.1, 0.15) is 0 Å². The van der Waals surface area contributed by atoms with Gasteiger partial charge in [0.2, 0.25) is 0 Å². The molecule has 0 aliphatic carbocycles. The number of hydrogen-bond acceptors (Lipinski definition) is 5. The van der Waals surface area contributed by atoms with Crippen LogP contribution in [0, 0.1) is 0 Å². The van der Waals surface area contributed by atoms with Gasteiger partial charge in [0.05, 0.1) is 13.5 Å². The van der Waals surface area contributed by atoms with Crippen LogP contribution in [0.1, 0.15) is 11.3 Å². The van der Waals surface area contributed by atoms with E-state index in [-0.39, 0.29) is 5.97 Å². The quantitative estimate of drug-likeness (QED) is 0.591. The van der Waals surface area contributed by atoms with Gasteiger partial charge in [-0.3, -0.25) is 4.79 Å². The summed E-state index contributed by atoms with van der Waals surface area (Å²) >= 11 is 5.34. The van der Waals surface area contributed by atoms with E-state index < -0.39 is 0 Å². The van der Waals surface area contributed by atoms with Gasteiger partial charge in [0.15, 0.2) is 0 Å². The third kappa shape index (κ3) is 3.43. The lowest BCUT2D eigenvalue weighted by atomic mass is 10.2. The zero-order valence-electron chi connectivity index (χ0n) is 11.5. The van der Waals surface area contributed by atoms with Gasteiger partial charge in [0, 0.05) is 24.4 Å². The molecule has 5 heteroatoms. The molecule has 0 amide bonds. The Morgan fingerprint density at radius 1 is 1.00 bits per heavy atom. The molecule has 3 rings (SSSR count). The van der Waals surface area contributed by atoms with Crippen LogP contribution < -0.4 is 0 Å². The number of methoxy groups -OCH3 is 1. The number of carbonyl (C=O) groups is 1. The van der Waals surface area contributed by atoms with Crippen molar-refractivity contribution in [3.8, 4) is 19.5 Å². The number of esters is 1. The Balaban J connectivity index is 1.73. The van der Waals surface area contributed by atoms with E-state index >= 15 is 0 Å². The Bertz CT molecular complexity index is 722. The molecule has 0 aliphatic heterocycles. The topological polar surface area (TPSA) is 26.3 Å². The van der Waals surface area contributed by atoms with Gasteiger partial charge in [-0.15, -0.1) is 34.0 Å². The van der Waals surface area contributed by atoms with Crippen LogP contribution in [-0.4, -0.2) is 13.1 Å². The highest BCUT2D eigenvalue weighted by atomic mass is 32.1. The van der Waals surface area contributed by atoms with Crippen molar-refractivity contribution in [1.82, 2.24) is 0 Å². The van der Waals surface area contributed by atoms with E-state index in [1.807, 2.05) is 11.3 Å². The second kappa shape index (κ2) is 6.56. The SMILES string of the molecule is COC(=O)CCc1ccc(-c2ccc(-c3cccs3)s2)s1. The summed E-state index contributed by atoms with van der Waals surface area (Å²) in [5, 5.41) is 2.10. The van der Waals surface area contributed by atoms with Gasteiger partial charge in [-0.1, -0.05) is 6.07 Å². The fraction of sp³-hybridized carbons (Fsp3) is 0.188. The first kappa shape index (κ1) is 14.5. The smallest absolute Gasteiger partial charge is 0.305 e. The van der Waals surface area contributed by atoms with Crippen LogP contribution in [0.5, 0.6) is 0 Å². The summed E-state index contributed by atoms with van der Waals surface area (Å²) < 4.78 is 4.68. The molecule has 0 spiro atoms. The minimum Gasteiger partial charge on any atom is -0.469 e. The van der Waals surface area contributed by atoms with Crippen molar-refractivity contribution in [2.75, 3.05) is 7.11 Å². The van der Waals surface area contributed by atoms with E-state index in [0.29, 0.717) is 6.42 Å². The number of thiophene rings is 3.